The monoisotopic (exact) mass is 412 g/mol. The van der Waals surface area contributed by atoms with Crippen molar-refractivity contribution in [2.45, 2.75) is 30.5 Å². The fraction of sp³-hybridized carbons (Fsp3) is 0.389. The van der Waals surface area contributed by atoms with Gasteiger partial charge in [0, 0.05) is 28.6 Å². The van der Waals surface area contributed by atoms with E-state index < -0.39 is 10.0 Å². The van der Waals surface area contributed by atoms with Crippen molar-refractivity contribution < 1.29 is 13.2 Å². The largest absolute Gasteiger partial charge is 0.347 e. The van der Waals surface area contributed by atoms with Crippen LogP contribution in [0, 0.1) is 5.92 Å². The summed E-state index contributed by atoms with van der Waals surface area (Å²) < 4.78 is 27.5. The molecular weight excluding hydrogens is 392 g/mol. The normalized spacial score (nSPS) is 18.6. The number of hydrogen-bond donors (Lipinski definition) is 1. The summed E-state index contributed by atoms with van der Waals surface area (Å²) in [6.45, 7) is 3.52. The van der Waals surface area contributed by atoms with Gasteiger partial charge < -0.3 is 5.32 Å². The first-order valence-corrected chi connectivity index (χ1v) is 11.1. The van der Waals surface area contributed by atoms with Gasteiger partial charge in [0.25, 0.3) is 15.9 Å². The Bertz CT molecular complexity index is 878. The summed E-state index contributed by atoms with van der Waals surface area (Å²) in [5.74, 6) is 0.168. The molecule has 5 nitrogen and oxygen atoms in total. The second-order valence-electron chi connectivity index (χ2n) is 6.52. The Morgan fingerprint density at radius 2 is 2.00 bits per heavy atom. The molecule has 1 aromatic carbocycles. The molecule has 0 saturated carbocycles. The number of nitrogens with zero attached hydrogens (tertiary/aromatic N) is 1. The molecule has 0 spiro atoms. The Morgan fingerprint density at radius 1 is 1.27 bits per heavy atom. The van der Waals surface area contributed by atoms with Gasteiger partial charge in [0.05, 0.1) is 6.54 Å². The maximum absolute atomic E-state index is 12.8. The minimum atomic E-state index is -3.45. The van der Waals surface area contributed by atoms with Crippen molar-refractivity contribution in [2.75, 3.05) is 13.1 Å². The van der Waals surface area contributed by atoms with Gasteiger partial charge in [-0.3, -0.25) is 4.79 Å². The standard InChI is InChI=1S/C18H21ClN2O3S2/c1-13-3-2-10-21(12-13)26(23,24)17-9-8-16(25-17)11-20-18(22)14-4-6-15(19)7-5-14/h4-9,13H,2-3,10-12H2,1H3,(H,20,22). The van der Waals surface area contributed by atoms with Crippen molar-refractivity contribution in [3.8, 4) is 0 Å². The minimum Gasteiger partial charge on any atom is -0.347 e. The zero-order valence-corrected chi connectivity index (χ0v) is 16.8. The molecule has 140 valence electrons. The molecule has 26 heavy (non-hydrogen) atoms. The zero-order chi connectivity index (χ0) is 18.7. The van der Waals surface area contributed by atoms with Crippen molar-refractivity contribution in [3.63, 3.8) is 0 Å². The SMILES string of the molecule is CC1CCCN(S(=O)(=O)c2ccc(CNC(=O)c3ccc(Cl)cc3)s2)C1. The highest BCUT2D eigenvalue weighted by atomic mass is 35.5. The first-order chi connectivity index (χ1) is 12.4. The predicted molar refractivity (Wildman–Crippen MR) is 104 cm³/mol. The van der Waals surface area contributed by atoms with Gasteiger partial charge in [-0.15, -0.1) is 11.3 Å². The lowest BCUT2D eigenvalue weighted by Crippen LogP contribution is -2.38. The van der Waals surface area contributed by atoms with Crippen molar-refractivity contribution >= 4 is 38.9 Å². The van der Waals surface area contributed by atoms with Gasteiger partial charge in [0.2, 0.25) is 0 Å². The number of carbonyl (C=O) groups is 1. The molecule has 1 N–H and O–H groups in total. The van der Waals surface area contributed by atoms with Crippen molar-refractivity contribution in [2.24, 2.45) is 5.92 Å². The van der Waals surface area contributed by atoms with Crippen molar-refractivity contribution in [1.82, 2.24) is 9.62 Å². The Morgan fingerprint density at radius 3 is 2.69 bits per heavy atom. The molecule has 1 aromatic heterocycles. The van der Waals surface area contributed by atoms with Gasteiger partial charge in [0.1, 0.15) is 4.21 Å². The van der Waals surface area contributed by atoms with Gasteiger partial charge in [-0.1, -0.05) is 18.5 Å². The van der Waals surface area contributed by atoms with Crippen LogP contribution in [0.1, 0.15) is 35.0 Å². The summed E-state index contributed by atoms with van der Waals surface area (Å²) in [5.41, 5.74) is 0.515. The van der Waals surface area contributed by atoms with Gasteiger partial charge in [-0.25, -0.2) is 8.42 Å². The molecule has 1 unspecified atom stereocenters. The van der Waals surface area contributed by atoms with Crippen LogP contribution in [0.4, 0.5) is 0 Å². The molecule has 1 aliphatic heterocycles. The molecule has 2 aromatic rings. The Hall–Kier alpha value is -1.41. The van der Waals surface area contributed by atoms with E-state index in [0.29, 0.717) is 33.8 Å². The van der Waals surface area contributed by atoms with E-state index in [4.69, 9.17) is 11.6 Å². The van der Waals surface area contributed by atoms with Crippen LogP contribution in [0.3, 0.4) is 0 Å². The molecule has 0 radical (unpaired) electrons. The number of carbonyl (C=O) groups excluding carboxylic acids is 1. The molecule has 1 amide bonds. The molecule has 0 bridgehead atoms. The number of hydrogen-bond acceptors (Lipinski definition) is 4. The number of sulfonamides is 1. The summed E-state index contributed by atoms with van der Waals surface area (Å²) >= 11 is 7.03. The number of benzene rings is 1. The summed E-state index contributed by atoms with van der Waals surface area (Å²) in [7, 11) is -3.45. The third kappa shape index (κ3) is 4.46. The number of rotatable bonds is 5. The predicted octanol–water partition coefficient (Wildman–Crippen LogP) is 3.75. The van der Waals surface area contributed by atoms with E-state index in [2.05, 4.69) is 12.2 Å². The number of amides is 1. The van der Waals surface area contributed by atoms with Crippen LogP contribution in [0.15, 0.2) is 40.6 Å². The molecule has 0 aliphatic carbocycles. The van der Waals surface area contributed by atoms with Crippen LogP contribution >= 0.6 is 22.9 Å². The van der Waals surface area contributed by atoms with Crippen LogP contribution < -0.4 is 5.32 Å². The number of halogens is 1. The highest BCUT2D eigenvalue weighted by molar-refractivity contribution is 7.91. The average Bonchev–Trinajstić information content (AvgIpc) is 3.10. The smallest absolute Gasteiger partial charge is 0.252 e. The molecule has 1 atom stereocenters. The lowest BCUT2D eigenvalue weighted by atomic mass is 10.0. The van der Waals surface area contributed by atoms with Crippen molar-refractivity contribution in [1.29, 1.82) is 0 Å². The number of piperidine rings is 1. The molecule has 8 heteroatoms. The molecule has 1 aliphatic rings. The highest BCUT2D eigenvalue weighted by Gasteiger charge is 2.29. The second kappa shape index (κ2) is 8.08. The number of thiophene rings is 1. The topological polar surface area (TPSA) is 66.5 Å². The zero-order valence-electron chi connectivity index (χ0n) is 14.4. The van der Waals surface area contributed by atoms with Gasteiger partial charge in [-0.2, -0.15) is 4.31 Å². The van der Waals surface area contributed by atoms with E-state index in [1.54, 1.807) is 40.7 Å². The van der Waals surface area contributed by atoms with E-state index >= 15 is 0 Å². The third-order valence-electron chi connectivity index (χ3n) is 4.38. The summed E-state index contributed by atoms with van der Waals surface area (Å²) in [6.07, 6.45) is 1.97. The molecule has 1 saturated heterocycles. The van der Waals surface area contributed by atoms with Crippen LogP contribution in [0.25, 0.3) is 0 Å². The average molecular weight is 413 g/mol. The lowest BCUT2D eigenvalue weighted by molar-refractivity contribution is 0.0951. The van der Waals surface area contributed by atoms with E-state index in [-0.39, 0.29) is 12.5 Å². The fourth-order valence-corrected chi connectivity index (χ4v) is 6.13. The second-order valence-corrected chi connectivity index (χ2v) is 10.3. The Balaban J connectivity index is 1.64. The summed E-state index contributed by atoms with van der Waals surface area (Å²) in [6, 6.07) is 10.0. The lowest BCUT2D eigenvalue weighted by Gasteiger charge is -2.29. The Kier molecular flexibility index (Phi) is 6.02. The maximum Gasteiger partial charge on any atom is 0.252 e. The van der Waals surface area contributed by atoms with Crippen molar-refractivity contribution in [3.05, 3.63) is 51.9 Å². The van der Waals surface area contributed by atoms with E-state index in [0.717, 1.165) is 17.7 Å². The summed E-state index contributed by atoms with van der Waals surface area (Å²) in [4.78, 5) is 12.9. The molecule has 3 rings (SSSR count). The van der Waals surface area contributed by atoms with Crippen LogP contribution in [-0.4, -0.2) is 31.7 Å². The number of nitrogens with one attached hydrogen (secondary N) is 1. The quantitative estimate of drug-likeness (QED) is 0.813. The summed E-state index contributed by atoms with van der Waals surface area (Å²) in [5, 5.41) is 3.38. The van der Waals surface area contributed by atoms with Gasteiger partial charge in [0.15, 0.2) is 0 Å². The first-order valence-electron chi connectivity index (χ1n) is 8.49. The van der Waals surface area contributed by atoms with Crippen LogP contribution in [0.5, 0.6) is 0 Å². The minimum absolute atomic E-state index is 0.218. The maximum atomic E-state index is 12.8. The van der Waals surface area contributed by atoms with E-state index in [1.807, 2.05) is 0 Å². The fourth-order valence-electron chi connectivity index (χ4n) is 2.95. The van der Waals surface area contributed by atoms with Gasteiger partial charge in [-0.05, 0) is 55.2 Å². The van der Waals surface area contributed by atoms with E-state index in [1.165, 1.54) is 11.3 Å². The van der Waals surface area contributed by atoms with E-state index in [9.17, 15) is 13.2 Å². The van der Waals surface area contributed by atoms with Gasteiger partial charge >= 0.3 is 0 Å². The molecular formula is C18H21ClN2O3S2. The van der Waals surface area contributed by atoms with Crippen LogP contribution in [0.2, 0.25) is 5.02 Å². The molecule has 1 fully saturated rings. The first kappa shape index (κ1) is 19.4. The highest BCUT2D eigenvalue weighted by Crippen LogP contribution is 2.28. The van der Waals surface area contributed by atoms with Crippen LogP contribution in [-0.2, 0) is 16.6 Å². The Labute approximate surface area is 163 Å². The molecule has 2 heterocycles. The third-order valence-corrected chi connectivity index (χ3v) is 8.05.